The number of ketones is 1. The van der Waals surface area contributed by atoms with Gasteiger partial charge < -0.3 is 47.5 Å². The van der Waals surface area contributed by atoms with E-state index in [1.807, 2.05) is 45.0 Å². The second kappa shape index (κ2) is 21.2. The summed E-state index contributed by atoms with van der Waals surface area (Å²) < 4.78 is 56.1. The lowest BCUT2D eigenvalue weighted by atomic mass is 9.70. The Kier molecular flexibility index (Phi) is 15.3. The molecule has 0 aromatic heterocycles. The zero-order chi connectivity index (χ0) is 47.8. The maximum atomic E-state index is 15.0. The van der Waals surface area contributed by atoms with Crippen molar-refractivity contribution in [3.63, 3.8) is 0 Å². The molecule has 2 aromatic rings. The minimum absolute atomic E-state index is 0.0120. The van der Waals surface area contributed by atoms with E-state index in [-0.39, 0.29) is 109 Å². The second-order valence-electron chi connectivity index (χ2n) is 20.4. The number of rotatable bonds is 11. The summed E-state index contributed by atoms with van der Waals surface area (Å²) in [4.78, 5) is 44.0. The largest absolute Gasteiger partial charge is 0.462 e. The number of cyclic esters (lactones) is 1. The van der Waals surface area contributed by atoms with Crippen LogP contribution in [0.5, 0.6) is 0 Å². The number of benzene rings is 2. The van der Waals surface area contributed by atoms with Crippen molar-refractivity contribution in [3.05, 3.63) is 83.5 Å². The van der Waals surface area contributed by atoms with E-state index in [9.17, 15) is 14.4 Å². The van der Waals surface area contributed by atoms with E-state index >= 15 is 0 Å². The Morgan fingerprint density at radius 3 is 2.16 bits per heavy atom. The first kappa shape index (κ1) is 49.0. The van der Waals surface area contributed by atoms with Gasteiger partial charge in [0, 0.05) is 52.6 Å². The van der Waals surface area contributed by atoms with Crippen molar-refractivity contribution in [2.45, 2.75) is 159 Å². The number of ether oxygens (including phenoxy) is 9. The number of hydrogen-bond donors (Lipinski definition) is 0. The van der Waals surface area contributed by atoms with Gasteiger partial charge in [-0.1, -0.05) is 80.6 Å². The molecule has 13 nitrogen and oxygen atoms in total. The summed E-state index contributed by atoms with van der Waals surface area (Å²) in [6, 6.07) is 16.4. The first-order valence-electron chi connectivity index (χ1n) is 25.3. The van der Waals surface area contributed by atoms with Crippen molar-refractivity contribution in [3.8, 4) is 11.1 Å². The standard InChI is InChI=1S/C55H73NO12/c1-9-34-15-14-20-47(68-49-24-23-46(31(3)64-49)56(5)55(59)63-29-45-38-18-12-10-16-36(38)37-17-11-13-19-39(37)45)30(2)50(58)44-27-42-40(43(44)28-48(57)66-34)22-21-33-25-35(26-41(33)42)67-54-53(62-8)52(61-7)51(60-6)32(4)65-54/h10-13,16-19,21-22,27,30-35,40-43,45-47,49,51-54H,9,14-15,20,23-26,28-29H2,1-8H3/t30-,31?,32?,33-,34+,35-,40-,41-,42-,43+,46+,47+,49+,51+,52?,53?,54+/m1/s1. The van der Waals surface area contributed by atoms with E-state index in [4.69, 9.17) is 42.6 Å². The van der Waals surface area contributed by atoms with E-state index in [1.54, 1.807) is 33.3 Å². The molecule has 13 heteroatoms. The molecule has 4 aliphatic carbocycles. The first-order valence-corrected chi connectivity index (χ1v) is 25.3. The fourth-order valence-corrected chi connectivity index (χ4v) is 13.1. The molecule has 68 heavy (non-hydrogen) atoms. The third kappa shape index (κ3) is 9.62. The highest BCUT2D eigenvalue weighted by Gasteiger charge is 2.53. The van der Waals surface area contributed by atoms with Gasteiger partial charge in [-0.25, -0.2) is 4.79 Å². The molecule has 0 N–H and O–H groups in total. The van der Waals surface area contributed by atoms with Crippen molar-refractivity contribution in [1.29, 1.82) is 0 Å². The second-order valence-corrected chi connectivity index (χ2v) is 20.4. The average molecular weight is 940 g/mol. The third-order valence-electron chi connectivity index (χ3n) is 16.7. The number of esters is 1. The fourth-order valence-electron chi connectivity index (χ4n) is 13.1. The minimum atomic E-state index is -0.627. The molecule has 0 spiro atoms. The number of amides is 1. The molecule has 370 valence electrons. The highest BCUT2D eigenvalue weighted by molar-refractivity contribution is 5.99. The average Bonchev–Trinajstić information content (AvgIpc) is 4.02. The van der Waals surface area contributed by atoms with Crippen molar-refractivity contribution in [2.75, 3.05) is 35.0 Å². The van der Waals surface area contributed by atoms with E-state index in [1.165, 1.54) is 22.3 Å². The molecular weight excluding hydrogens is 867 g/mol. The number of allylic oxidation sites excluding steroid dienone is 4. The van der Waals surface area contributed by atoms with Gasteiger partial charge in [0.05, 0.1) is 36.9 Å². The molecule has 4 unspecified atom stereocenters. The van der Waals surface area contributed by atoms with Crippen LogP contribution in [0.1, 0.15) is 103 Å². The maximum absolute atomic E-state index is 15.0. The van der Waals surface area contributed by atoms with Crippen LogP contribution < -0.4 is 0 Å². The van der Waals surface area contributed by atoms with Crippen molar-refractivity contribution >= 4 is 17.8 Å². The van der Waals surface area contributed by atoms with Gasteiger partial charge in [0.15, 0.2) is 18.4 Å². The Balaban J connectivity index is 0.857. The van der Waals surface area contributed by atoms with Gasteiger partial charge in [-0.15, -0.1) is 0 Å². The summed E-state index contributed by atoms with van der Waals surface area (Å²) in [6.45, 7) is 8.22. The number of Topliss-reactive ketones (excluding diaryl/α,β-unsaturated/α-hetero) is 1. The zero-order valence-corrected chi connectivity index (χ0v) is 41.2. The van der Waals surface area contributed by atoms with E-state index in [2.05, 4.69) is 49.4 Å². The summed E-state index contributed by atoms with van der Waals surface area (Å²) in [5.41, 5.74) is 5.43. The van der Waals surface area contributed by atoms with Gasteiger partial charge >= 0.3 is 12.1 Å². The van der Waals surface area contributed by atoms with Gasteiger partial charge in [0.1, 0.15) is 31.0 Å². The van der Waals surface area contributed by atoms with Crippen molar-refractivity contribution < 1.29 is 57.0 Å². The van der Waals surface area contributed by atoms with Gasteiger partial charge in [-0.05, 0) is 110 Å². The Hall–Kier alpha value is -3.95. The normalized spacial score (nSPS) is 38.2. The highest BCUT2D eigenvalue weighted by Crippen LogP contribution is 2.54. The van der Waals surface area contributed by atoms with Crippen LogP contribution in [-0.2, 0) is 52.2 Å². The quantitative estimate of drug-likeness (QED) is 0.157. The Morgan fingerprint density at radius 1 is 0.779 bits per heavy atom. The number of carbonyl (C=O) groups excluding carboxylic acids is 3. The topological polar surface area (TPSA) is 138 Å². The molecule has 3 heterocycles. The summed E-state index contributed by atoms with van der Waals surface area (Å²) >= 11 is 0. The molecule has 1 saturated carbocycles. The summed E-state index contributed by atoms with van der Waals surface area (Å²) in [7, 11) is 6.73. The van der Waals surface area contributed by atoms with Gasteiger partial charge in [-0.2, -0.15) is 0 Å². The van der Waals surface area contributed by atoms with E-state index in [0.29, 0.717) is 37.7 Å². The highest BCUT2D eigenvalue weighted by atomic mass is 16.7. The predicted octanol–water partition coefficient (Wildman–Crippen LogP) is 8.81. The molecule has 7 aliphatic rings. The van der Waals surface area contributed by atoms with Gasteiger partial charge in [-0.3, -0.25) is 9.59 Å². The zero-order valence-electron chi connectivity index (χ0n) is 41.2. The minimum Gasteiger partial charge on any atom is -0.462 e. The molecule has 9 rings (SSSR count). The van der Waals surface area contributed by atoms with Crippen molar-refractivity contribution in [2.24, 2.45) is 35.5 Å². The summed E-state index contributed by atoms with van der Waals surface area (Å²) in [5.74, 6) is -0.491. The Labute approximate surface area is 402 Å². The Bertz CT molecular complexity index is 2130. The smallest absolute Gasteiger partial charge is 0.409 e. The lowest BCUT2D eigenvalue weighted by Crippen LogP contribution is -2.59. The number of likely N-dealkylation sites (N-methyl/N-ethyl adjacent to an activating group) is 1. The maximum Gasteiger partial charge on any atom is 0.409 e. The van der Waals surface area contributed by atoms with Crippen LogP contribution in [-0.4, -0.2) is 125 Å². The van der Waals surface area contributed by atoms with Gasteiger partial charge in [0.2, 0.25) is 0 Å². The van der Waals surface area contributed by atoms with Crippen molar-refractivity contribution in [1.82, 2.24) is 4.90 Å². The predicted molar refractivity (Wildman–Crippen MR) is 253 cm³/mol. The number of carbonyl (C=O) groups is 3. The van der Waals surface area contributed by atoms with Gasteiger partial charge in [0.25, 0.3) is 0 Å². The number of hydrogen-bond acceptors (Lipinski definition) is 12. The van der Waals surface area contributed by atoms with Crippen LogP contribution in [0.25, 0.3) is 11.1 Å². The summed E-state index contributed by atoms with van der Waals surface area (Å²) in [6.07, 6.45) is 8.46. The van der Waals surface area contributed by atoms with Crippen LogP contribution >= 0.6 is 0 Å². The lowest BCUT2D eigenvalue weighted by Gasteiger charge is -2.44. The third-order valence-corrected chi connectivity index (χ3v) is 16.7. The first-order chi connectivity index (χ1) is 32.9. The lowest BCUT2D eigenvalue weighted by molar-refractivity contribution is -0.314. The molecule has 3 saturated heterocycles. The van der Waals surface area contributed by atoms with Crippen LogP contribution in [0.4, 0.5) is 4.79 Å². The number of nitrogens with zero attached hydrogens (tertiary/aromatic N) is 1. The molecular formula is C55H73NO12. The van der Waals surface area contributed by atoms with E-state index in [0.717, 1.165) is 19.3 Å². The molecule has 1 amide bonds. The monoisotopic (exact) mass is 940 g/mol. The molecule has 2 aromatic carbocycles. The van der Waals surface area contributed by atoms with Crippen LogP contribution in [0, 0.1) is 35.5 Å². The number of fused-ring (bicyclic) bond motifs is 8. The van der Waals surface area contributed by atoms with Crippen LogP contribution in [0.2, 0.25) is 0 Å². The van der Waals surface area contributed by atoms with Crippen LogP contribution in [0.3, 0.4) is 0 Å². The molecule has 0 radical (unpaired) electrons. The molecule has 17 atom stereocenters. The van der Waals surface area contributed by atoms with Crippen LogP contribution in [0.15, 0.2) is 72.3 Å². The molecule has 3 aliphatic heterocycles. The molecule has 4 fully saturated rings. The summed E-state index contributed by atoms with van der Waals surface area (Å²) in [5, 5.41) is 0. The van der Waals surface area contributed by atoms with E-state index < -0.39 is 30.7 Å². The fraction of sp³-hybridized carbons (Fsp3) is 0.655. The number of methoxy groups -OCH3 is 3. The SMILES string of the molecule is CC[C@H]1CCC[C@H](O[C@H]2CC[C@H](N(C)C(=O)OCC3c4ccccc4-c4ccccc43)C(C)O2)[C@@H](C)C(=O)C2=C[C@@H]3[C@@H](C=C[C@@H]4C[C@@H](O[C@@H]5OC(C)[C@H](OC)C(OC)C5OC)C[C@@H]34)[C@@H]2CC(=O)O1. The molecule has 0 bridgehead atoms. The Morgan fingerprint density at radius 2 is 1.49 bits per heavy atom.